The summed E-state index contributed by atoms with van der Waals surface area (Å²) >= 11 is 0. The van der Waals surface area contributed by atoms with Crippen molar-refractivity contribution in [3.05, 3.63) is 29.6 Å². The second-order valence-electron chi connectivity index (χ2n) is 4.44. The van der Waals surface area contributed by atoms with Gasteiger partial charge in [-0.2, -0.15) is 0 Å². The molecule has 0 radical (unpaired) electrons. The number of benzene rings is 1. The van der Waals surface area contributed by atoms with Crippen LogP contribution in [0.4, 0.5) is 4.39 Å². The maximum absolute atomic E-state index is 13.4. The van der Waals surface area contributed by atoms with Crippen LogP contribution in [0.15, 0.2) is 18.2 Å². The van der Waals surface area contributed by atoms with Gasteiger partial charge in [0.25, 0.3) is 0 Å². The van der Waals surface area contributed by atoms with Crippen molar-refractivity contribution in [2.24, 2.45) is 5.92 Å². The van der Waals surface area contributed by atoms with Crippen LogP contribution in [0.1, 0.15) is 12.0 Å². The van der Waals surface area contributed by atoms with E-state index in [0.717, 1.165) is 12.0 Å². The van der Waals surface area contributed by atoms with E-state index in [2.05, 4.69) is 0 Å². The van der Waals surface area contributed by atoms with Crippen molar-refractivity contribution in [1.29, 1.82) is 0 Å². The lowest BCUT2D eigenvalue weighted by Gasteiger charge is -2.17. The molecule has 0 spiro atoms. The molecule has 17 heavy (non-hydrogen) atoms. The summed E-state index contributed by atoms with van der Waals surface area (Å²) in [5, 5.41) is 9.84. The zero-order valence-corrected chi connectivity index (χ0v) is 9.86. The van der Waals surface area contributed by atoms with Crippen LogP contribution in [0.3, 0.4) is 0 Å². The fourth-order valence-corrected chi connectivity index (χ4v) is 1.89. The van der Waals surface area contributed by atoms with Gasteiger partial charge in [0.15, 0.2) is 11.6 Å². The van der Waals surface area contributed by atoms with Gasteiger partial charge in [-0.3, -0.25) is 0 Å². The molecule has 1 aromatic carbocycles. The van der Waals surface area contributed by atoms with Crippen molar-refractivity contribution < 1.29 is 19.0 Å². The molecule has 2 unspecified atom stereocenters. The number of aliphatic hydroxyl groups excluding tert-OH is 1. The minimum Gasteiger partial charge on any atom is -0.488 e. The molecular formula is C13H17FO3. The molecule has 1 fully saturated rings. The first kappa shape index (κ1) is 12.3. The molecule has 1 N–H and O–H groups in total. The summed E-state index contributed by atoms with van der Waals surface area (Å²) in [6.07, 6.45) is 0.235. The molecule has 0 saturated carbocycles. The Balaban J connectivity index is 1.90. The second-order valence-corrected chi connectivity index (χ2v) is 4.44. The van der Waals surface area contributed by atoms with E-state index in [1.54, 1.807) is 12.1 Å². The Hall–Kier alpha value is -1.13. The molecule has 4 heteroatoms. The van der Waals surface area contributed by atoms with Crippen LogP contribution < -0.4 is 4.74 Å². The van der Waals surface area contributed by atoms with E-state index in [1.807, 2.05) is 6.92 Å². The Kier molecular flexibility index (Phi) is 3.97. The van der Waals surface area contributed by atoms with Crippen molar-refractivity contribution in [3.8, 4) is 5.75 Å². The van der Waals surface area contributed by atoms with Crippen molar-refractivity contribution in [2.75, 3.05) is 19.8 Å². The number of aliphatic hydroxyl groups is 1. The Morgan fingerprint density at radius 1 is 1.59 bits per heavy atom. The first-order valence-electron chi connectivity index (χ1n) is 5.81. The highest BCUT2D eigenvalue weighted by molar-refractivity contribution is 5.29. The SMILES string of the molecule is Cc1ccc(F)c(OCC(O)C2CCOC2)c1. The van der Waals surface area contributed by atoms with E-state index in [1.165, 1.54) is 6.07 Å². The standard InChI is InChI=1S/C13H17FO3/c1-9-2-3-11(14)13(6-9)17-8-12(15)10-4-5-16-7-10/h2-3,6,10,12,15H,4-5,7-8H2,1H3. The number of hydrogen-bond acceptors (Lipinski definition) is 3. The smallest absolute Gasteiger partial charge is 0.165 e. The Bertz CT molecular complexity index is 375. The van der Waals surface area contributed by atoms with E-state index >= 15 is 0 Å². The second kappa shape index (κ2) is 5.47. The van der Waals surface area contributed by atoms with Crippen molar-refractivity contribution >= 4 is 0 Å². The van der Waals surface area contributed by atoms with Gasteiger partial charge in [0.05, 0.1) is 12.7 Å². The zero-order chi connectivity index (χ0) is 12.3. The van der Waals surface area contributed by atoms with E-state index in [0.29, 0.717) is 13.2 Å². The molecule has 1 aromatic rings. The molecule has 3 nitrogen and oxygen atoms in total. The van der Waals surface area contributed by atoms with Crippen LogP contribution in [-0.2, 0) is 4.74 Å². The Morgan fingerprint density at radius 3 is 3.12 bits per heavy atom. The van der Waals surface area contributed by atoms with E-state index in [-0.39, 0.29) is 18.3 Å². The maximum atomic E-state index is 13.4. The summed E-state index contributed by atoms with van der Waals surface area (Å²) in [6.45, 7) is 3.21. The lowest BCUT2D eigenvalue weighted by atomic mass is 10.0. The quantitative estimate of drug-likeness (QED) is 0.873. The minimum absolute atomic E-state index is 0.0999. The molecule has 94 valence electrons. The van der Waals surface area contributed by atoms with E-state index in [9.17, 15) is 9.50 Å². The monoisotopic (exact) mass is 240 g/mol. The highest BCUT2D eigenvalue weighted by Gasteiger charge is 2.24. The van der Waals surface area contributed by atoms with Crippen LogP contribution in [0, 0.1) is 18.7 Å². The van der Waals surface area contributed by atoms with Gasteiger partial charge in [-0.25, -0.2) is 4.39 Å². The summed E-state index contributed by atoms with van der Waals surface area (Å²) in [5.41, 5.74) is 0.931. The number of hydrogen-bond donors (Lipinski definition) is 1. The van der Waals surface area contributed by atoms with Gasteiger partial charge in [-0.15, -0.1) is 0 Å². The molecular weight excluding hydrogens is 223 g/mol. The summed E-state index contributed by atoms with van der Waals surface area (Å²) in [4.78, 5) is 0. The third-order valence-electron chi connectivity index (χ3n) is 3.01. The van der Waals surface area contributed by atoms with Gasteiger partial charge >= 0.3 is 0 Å². The van der Waals surface area contributed by atoms with Gasteiger partial charge in [0.2, 0.25) is 0 Å². The number of ether oxygens (including phenoxy) is 2. The first-order chi connectivity index (χ1) is 8.16. The first-order valence-corrected chi connectivity index (χ1v) is 5.81. The van der Waals surface area contributed by atoms with Crippen molar-refractivity contribution in [3.63, 3.8) is 0 Å². The van der Waals surface area contributed by atoms with Crippen LogP contribution in [0.2, 0.25) is 0 Å². The Morgan fingerprint density at radius 2 is 2.41 bits per heavy atom. The van der Waals surface area contributed by atoms with Crippen LogP contribution in [-0.4, -0.2) is 31.0 Å². The van der Waals surface area contributed by atoms with Gasteiger partial charge in [0.1, 0.15) is 6.61 Å². The molecule has 2 atom stereocenters. The topological polar surface area (TPSA) is 38.7 Å². The van der Waals surface area contributed by atoms with Crippen molar-refractivity contribution in [2.45, 2.75) is 19.4 Å². The molecule has 1 aliphatic heterocycles. The molecule has 1 heterocycles. The summed E-state index contributed by atoms with van der Waals surface area (Å²) in [6, 6.07) is 4.69. The molecule has 1 saturated heterocycles. The largest absolute Gasteiger partial charge is 0.488 e. The number of rotatable bonds is 4. The molecule has 0 aliphatic carbocycles. The zero-order valence-electron chi connectivity index (χ0n) is 9.86. The molecule has 2 rings (SSSR count). The molecule has 1 aliphatic rings. The third-order valence-corrected chi connectivity index (χ3v) is 3.01. The summed E-state index contributed by atoms with van der Waals surface area (Å²) in [5.74, 6) is -0.101. The molecule has 0 bridgehead atoms. The predicted octanol–water partition coefficient (Wildman–Crippen LogP) is 1.91. The van der Waals surface area contributed by atoms with Crippen LogP contribution >= 0.6 is 0 Å². The van der Waals surface area contributed by atoms with Crippen molar-refractivity contribution in [1.82, 2.24) is 0 Å². The fourth-order valence-electron chi connectivity index (χ4n) is 1.89. The Labute approximate surface area is 100 Å². The van der Waals surface area contributed by atoms with Gasteiger partial charge < -0.3 is 14.6 Å². The summed E-state index contributed by atoms with van der Waals surface area (Å²) < 4.78 is 23.9. The van der Waals surface area contributed by atoms with Gasteiger partial charge in [-0.05, 0) is 31.0 Å². The van der Waals surface area contributed by atoms with E-state index < -0.39 is 11.9 Å². The maximum Gasteiger partial charge on any atom is 0.165 e. The lowest BCUT2D eigenvalue weighted by Crippen LogP contribution is -2.27. The van der Waals surface area contributed by atoms with Crippen LogP contribution in [0.25, 0.3) is 0 Å². The highest BCUT2D eigenvalue weighted by Crippen LogP contribution is 2.21. The average molecular weight is 240 g/mol. The highest BCUT2D eigenvalue weighted by atomic mass is 19.1. The average Bonchev–Trinajstić information content (AvgIpc) is 2.83. The number of aryl methyl sites for hydroxylation is 1. The molecule has 0 amide bonds. The fraction of sp³-hybridized carbons (Fsp3) is 0.538. The number of halogens is 1. The van der Waals surface area contributed by atoms with E-state index in [4.69, 9.17) is 9.47 Å². The predicted molar refractivity (Wildman–Crippen MR) is 61.6 cm³/mol. The van der Waals surface area contributed by atoms with Gasteiger partial charge in [0, 0.05) is 12.5 Å². The molecule has 0 aromatic heterocycles. The third kappa shape index (κ3) is 3.17. The summed E-state index contributed by atoms with van der Waals surface area (Å²) in [7, 11) is 0. The normalized spacial score (nSPS) is 21.5. The van der Waals surface area contributed by atoms with Crippen LogP contribution in [0.5, 0.6) is 5.75 Å². The lowest BCUT2D eigenvalue weighted by molar-refractivity contribution is 0.0487. The van der Waals surface area contributed by atoms with Gasteiger partial charge in [-0.1, -0.05) is 6.07 Å². The minimum atomic E-state index is -0.600.